The van der Waals surface area contributed by atoms with Gasteiger partial charge in [0.05, 0.1) is 16.8 Å². The van der Waals surface area contributed by atoms with E-state index in [0.29, 0.717) is 36.4 Å². The number of ether oxygens (including phenoxy) is 1. The van der Waals surface area contributed by atoms with Crippen molar-refractivity contribution < 1.29 is 9.15 Å². The lowest BCUT2D eigenvalue weighted by Crippen LogP contribution is -2.27. The van der Waals surface area contributed by atoms with Crippen molar-refractivity contribution in [1.29, 1.82) is 0 Å². The Balaban J connectivity index is 1.96. The second kappa shape index (κ2) is 8.02. The largest absolute Gasteiger partial charge is 0.456 e. The number of thiophene rings is 1. The molecule has 7 heteroatoms. The highest BCUT2D eigenvalue weighted by atomic mass is 79.9. The minimum absolute atomic E-state index is 0.156. The van der Waals surface area contributed by atoms with Gasteiger partial charge >= 0.3 is 0 Å². The number of terminal acetylenes is 1. The quantitative estimate of drug-likeness (QED) is 0.570. The fourth-order valence-corrected chi connectivity index (χ4v) is 3.68. The second-order valence-corrected chi connectivity index (χ2v) is 7.39. The molecule has 0 aliphatic rings. The van der Waals surface area contributed by atoms with Crippen LogP contribution in [0.1, 0.15) is 16.3 Å². The maximum absolute atomic E-state index is 6.05. The summed E-state index contributed by atoms with van der Waals surface area (Å²) in [7, 11) is 1.63. The number of furan rings is 1. The van der Waals surface area contributed by atoms with Crippen LogP contribution < -0.4 is 11.1 Å². The first kappa shape index (κ1) is 18.0. The molecule has 3 aromatic heterocycles. The van der Waals surface area contributed by atoms with E-state index in [4.69, 9.17) is 21.3 Å². The molecule has 3 rings (SSSR count). The van der Waals surface area contributed by atoms with E-state index < -0.39 is 0 Å². The van der Waals surface area contributed by atoms with E-state index >= 15 is 0 Å². The van der Waals surface area contributed by atoms with Crippen molar-refractivity contribution in [3.63, 3.8) is 0 Å². The molecule has 0 amide bonds. The van der Waals surface area contributed by atoms with Crippen LogP contribution in [0.2, 0.25) is 0 Å². The van der Waals surface area contributed by atoms with Gasteiger partial charge in [0.1, 0.15) is 17.0 Å². The number of anilines is 1. The summed E-state index contributed by atoms with van der Waals surface area (Å²) < 4.78 is 11.9. The van der Waals surface area contributed by atoms with Crippen molar-refractivity contribution in [2.75, 3.05) is 19.0 Å². The molecule has 0 radical (unpaired) electrons. The van der Waals surface area contributed by atoms with Gasteiger partial charge in [-0.1, -0.05) is 12.0 Å². The average molecular weight is 420 g/mol. The Morgan fingerprint density at radius 3 is 3.08 bits per heavy atom. The number of fused-ring (bicyclic) bond motifs is 1. The van der Waals surface area contributed by atoms with E-state index in [1.54, 1.807) is 18.4 Å². The van der Waals surface area contributed by atoms with Gasteiger partial charge in [0.25, 0.3) is 0 Å². The molecule has 25 heavy (non-hydrogen) atoms. The molecule has 3 N–H and O–H groups in total. The molecule has 0 saturated carbocycles. The normalized spacial score (nSPS) is 12.2. The number of rotatable bonds is 7. The predicted molar refractivity (Wildman–Crippen MR) is 105 cm³/mol. The number of nitrogens with zero attached hydrogens (tertiary/aromatic N) is 1. The number of hydrogen-bond acceptors (Lipinski definition) is 6. The van der Waals surface area contributed by atoms with Gasteiger partial charge in [-0.15, -0.1) is 17.8 Å². The van der Waals surface area contributed by atoms with Crippen molar-refractivity contribution in [1.82, 2.24) is 4.98 Å². The van der Waals surface area contributed by atoms with E-state index in [1.807, 2.05) is 17.5 Å². The number of halogens is 1. The van der Waals surface area contributed by atoms with Crippen LogP contribution in [0.25, 0.3) is 11.1 Å². The molecule has 0 aliphatic heterocycles. The third-order valence-corrected chi connectivity index (χ3v) is 5.35. The van der Waals surface area contributed by atoms with Crippen molar-refractivity contribution in [3.8, 4) is 12.3 Å². The van der Waals surface area contributed by atoms with Crippen LogP contribution in [0.4, 0.5) is 5.69 Å². The van der Waals surface area contributed by atoms with Gasteiger partial charge in [-0.2, -0.15) is 0 Å². The summed E-state index contributed by atoms with van der Waals surface area (Å²) in [4.78, 5) is 5.71. The molecular weight excluding hydrogens is 402 g/mol. The van der Waals surface area contributed by atoms with Gasteiger partial charge in [0.2, 0.25) is 0 Å². The van der Waals surface area contributed by atoms with E-state index in [1.165, 1.54) is 4.88 Å². The van der Waals surface area contributed by atoms with Crippen LogP contribution in [-0.4, -0.2) is 24.7 Å². The Morgan fingerprint density at radius 2 is 2.40 bits per heavy atom. The first-order valence-corrected chi connectivity index (χ1v) is 9.39. The summed E-state index contributed by atoms with van der Waals surface area (Å²) in [5.74, 6) is 3.33. The maximum atomic E-state index is 6.05. The summed E-state index contributed by atoms with van der Waals surface area (Å²) in [5, 5.41) is 5.43. The lowest BCUT2D eigenvalue weighted by atomic mass is 10.2. The van der Waals surface area contributed by atoms with Crippen molar-refractivity contribution >= 4 is 44.1 Å². The number of pyridine rings is 1. The molecule has 0 aromatic carbocycles. The Kier molecular flexibility index (Phi) is 5.76. The maximum Gasteiger partial charge on any atom is 0.177 e. The highest BCUT2D eigenvalue weighted by Crippen LogP contribution is 2.35. The number of nitrogens with one attached hydrogen (secondary N) is 1. The number of methoxy groups -OCH3 is 1. The zero-order chi connectivity index (χ0) is 17.8. The molecular formula is C18H18BrN3O2S. The van der Waals surface area contributed by atoms with Gasteiger partial charge in [-0.25, -0.2) is 4.98 Å². The van der Waals surface area contributed by atoms with Gasteiger partial charge in [-0.3, -0.25) is 0 Å². The van der Waals surface area contributed by atoms with E-state index in [2.05, 4.69) is 38.2 Å². The third kappa shape index (κ3) is 4.05. The topological polar surface area (TPSA) is 73.3 Å². The standard InChI is InChI=1S/C18H18BrN3O2S/c1-3-12-8-14(21-9-13-5-4-6-25-13)18-17(22-12)16(19)15(24-18)7-11(20)10-23-2/h1,4-6,8,11H,7,9-10,20H2,2H3,(H,21,22)/t11-/m1/s1. The van der Waals surface area contributed by atoms with Crippen LogP contribution >= 0.6 is 27.3 Å². The fourth-order valence-electron chi connectivity index (χ4n) is 2.53. The molecule has 0 fully saturated rings. The van der Waals surface area contributed by atoms with Gasteiger partial charge in [0, 0.05) is 31.0 Å². The molecule has 0 aliphatic carbocycles. The summed E-state index contributed by atoms with van der Waals surface area (Å²) in [6, 6.07) is 5.77. The van der Waals surface area contributed by atoms with E-state index in [0.717, 1.165) is 15.9 Å². The molecule has 0 unspecified atom stereocenters. The number of nitrogens with two attached hydrogens (primary N) is 1. The lowest BCUT2D eigenvalue weighted by molar-refractivity contribution is 0.178. The lowest BCUT2D eigenvalue weighted by Gasteiger charge is -2.08. The first-order chi connectivity index (χ1) is 12.1. The molecule has 3 aromatic rings. The smallest absolute Gasteiger partial charge is 0.177 e. The molecule has 1 atom stereocenters. The van der Waals surface area contributed by atoms with Crippen molar-refractivity contribution in [2.24, 2.45) is 5.73 Å². The Labute approximate surface area is 158 Å². The SMILES string of the molecule is C#Cc1cc(NCc2cccs2)c2oc(C[C@@H](N)COC)c(Br)c2n1. The zero-order valence-corrected chi connectivity index (χ0v) is 16.1. The first-order valence-electron chi connectivity index (χ1n) is 7.71. The Morgan fingerprint density at radius 1 is 1.56 bits per heavy atom. The van der Waals surface area contributed by atoms with Crippen molar-refractivity contribution in [2.45, 2.75) is 19.0 Å². The summed E-state index contributed by atoms with van der Waals surface area (Å²) in [6.07, 6.45) is 6.10. The van der Waals surface area contributed by atoms with Crippen LogP contribution in [0, 0.1) is 12.3 Å². The molecule has 3 heterocycles. The van der Waals surface area contributed by atoms with Crippen LogP contribution in [0.5, 0.6) is 0 Å². The van der Waals surface area contributed by atoms with Crippen LogP contribution in [-0.2, 0) is 17.7 Å². The third-order valence-electron chi connectivity index (χ3n) is 3.66. The molecule has 5 nitrogen and oxygen atoms in total. The highest BCUT2D eigenvalue weighted by Gasteiger charge is 2.19. The van der Waals surface area contributed by atoms with E-state index in [-0.39, 0.29) is 6.04 Å². The van der Waals surface area contributed by atoms with Gasteiger partial charge in [0.15, 0.2) is 5.58 Å². The minimum atomic E-state index is -0.156. The Bertz CT molecular complexity index is 899. The fraction of sp³-hybridized carbons (Fsp3) is 0.278. The number of aromatic nitrogens is 1. The molecule has 0 spiro atoms. The summed E-state index contributed by atoms with van der Waals surface area (Å²) in [6.45, 7) is 1.15. The zero-order valence-electron chi connectivity index (χ0n) is 13.7. The predicted octanol–water partition coefficient (Wildman–Crippen LogP) is 3.76. The average Bonchev–Trinajstić information content (AvgIpc) is 3.22. The molecule has 0 bridgehead atoms. The Hall–Kier alpha value is -1.85. The van der Waals surface area contributed by atoms with Gasteiger partial charge in [-0.05, 0) is 33.4 Å². The molecule has 0 saturated heterocycles. The van der Waals surface area contributed by atoms with Crippen molar-refractivity contribution in [3.05, 3.63) is 44.4 Å². The van der Waals surface area contributed by atoms with Crippen LogP contribution in [0.15, 0.2) is 32.5 Å². The van der Waals surface area contributed by atoms with E-state index in [9.17, 15) is 0 Å². The van der Waals surface area contributed by atoms with Crippen LogP contribution in [0.3, 0.4) is 0 Å². The monoisotopic (exact) mass is 419 g/mol. The van der Waals surface area contributed by atoms with Gasteiger partial charge < -0.3 is 20.2 Å². The summed E-state index contributed by atoms with van der Waals surface area (Å²) >= 11 is 5.26. The minimum Gasteiger partial charge on any atom is -0.456 e. The molecule has 130 valence electrons. The highest BCUT2D eigenvalue weighted by molar-refractivity contribution is 9.10. The summed E-state index contributed by atoms with van der Waals surface area (Å²) in [5.41, 5.74) is 8.79. The number of hydrogen-bond donors (Lipinski definition) is 2. The second-order valence-electron chi connectivity index (χ2n) is 5.57.